The van der Waals surface area contributed by atoms with E-state index in [4.69, 9.17) is 9.92 Å². The minimum atomic E-state index is -3.97. The van der Waals surface area contributed by atoms with Crippen LogP contribution in [0.15, 0.2) is 61.4 Å². The third-order valence-electron chi connectivity index (χ3n) is 2.63. The number of benzene rings is 2. The number of carbonyl (C=O) groups is 1. The zero-order valence-electron chi connectivity index (χ0n) is 11.9. The van der Waals surface area contributed by atoms with E-state index in [1.807, 2.05) is 0 Å². The predicted octanol–water partition coefficient (Wildman–Crippen LogP) is 2.98. The van der Waals surface area contributed by atoms with Gasteiger partial charge in [0.15, 0.2) is 5.75 Å². The SMILES string of the molecule is NC(=O)N/N=C\c1cc(Br)c(OS(=O)(=O)c2ccccc2)c(Br)c1. The Bertz CT molecular complexity index is 863. The average molecular weight is 477 g/mol. The van der Waals surface area contributed by atoms with Gasteiger partial charge in [0.05, 0.1) is 15.2 Å². The summed E-state index contributed by atoms with van der Waals surface area (Å²) in [7, 11) is -3.97. The van der Waals surface area contributed by atoms with Gasteiger partial charge in [0.25, 0.3) is 0 Å². The van der Waals surface area contributed by atoms with Gasteiger partial charge in [-0.25, -0.2) is 10.2 Å². The van der Waals surface area contributed by atoms with Crippen molar-refractivity contribution in [2.75, 3.05) is 0 Å². The number of rotatable bonds is 5. The molecule has 0 aliphatic rings. The van der Waals surface area contributed by atoms with Gasteiger partial charge in [-0.05, 0) is 61.7 Å². The van der Waals surface area contributed by atoms with Gasteiger partial charge in [0.2, 0.25) is 0 Å². The molecular weight excluding hydrogens is 466 g/mol. The van der Waals surface area contributed by atoms with E-state index >= 15 is 0 Å². The second kappa shape index (κ2) is 7.77. The molecule has 0 aromatic heterocycles. The fourth-order valence-electron chi connectivity index (χ4n) is 1.65. The Labute approximate surface area is 155 Å². The number of hydrogen-bond donors (Lipinski definition) is 2. The van der Waals surface area contributed by atoms with E-state index in [9.17, 15) is 13.2 Å². The molecule has 2 aromatic carbocycles. The molecule has 24 heavy (non-hydrogen) atoms. The fraction of sp³-hybridized carbons (Fsp3) is 0. The van der Waals surface area contributed by atoms with Gasteiger partial charge in [-0.2, -0.15) is 13.5 Å². The second-order valence-corrected chi connectivity index (χ2v) is 7.65. The lowest BCUT2D eigenvalue weighted by molar-refractivity contribution is 0.249. The van der Waals surface area contributed by atoms with Crippen LogP contribution in [0.2, 0.25) is 0 Å². The summed E-state index contributed by atoms with van der Waals surface area (Å²) in [4.78, 5) is 10.6. The molecule has 0 saturated carbocycles. The summed E-state index contributed by atoms with van der Waals surface area (Å²) in [5.74, 6) is 0.0962. The molecule has 0 bridgehead atoms. The van der Waals surface area contributed by atoms with E-state index in [-0.39, 0.29) is 10.6 Å². The maximum atomic E-state index is 12.3. The first-order chi connectivity index (χ1) is 11.3. The highest BCUT2D eigenvalue weighted by molar-refractivity contribution is 9.11. The summed E-state index contributed by atoms with van der Waals surface area (Å²) < 4.78 is 30.5. The molecule has 0 unspecified atom stereocenters. The summed E-state index contributed by atoms with van der Waals surface area (Å²) in [5, 5.41) is 3.62. The maximum absolute atomic E-state index is 12.3. The predicted molar refractivity (Wildman–Crippen MR) is 96.4 cm³/mol. The summed E-state index contributed by atoms with van der Waals surface area (Å²) in [6.45, 7) is 0. The van der Waals surface area contributed by atoms with Crippen LogP contribution in [0.3, 0.4) is 0 Å². The van der Waals surface area contributed by atoms with Crippen molar-refractivity contribution in [1.82, 2.24) is 5.43 Å². The number of hydrogen-bond acceptors (Lipinski definition) is 5. The molecule has 0 heterocycles. The van der Waals surface area contributed by atoms with Gasteiger partial charge in [0.1, 0.15) is 4.90 Å². The number of nitrogens with one attached hydrogen (secondary N) is 1. The highest BCUT2D eigenvalue weighted by Crippen LogP contribution is 2.36. The molecule has 2 aromatic rings. The first-order valence-electron chi connectivity index (χ1n) is 6.36. The summed E-state index contributed by atoms with van der Waals surface area (Å²) >= 11 is 6.50. The van der Waals surface area contributed by atoms with Crippen LogP contribution < -0.4 is 15.3 Å². The zero-order valence-corrected chi connectivity index (χ0v) is 15.9. The molecule has 126 valence electrons. The number of urea groups is 1. The van der Waals surface area contributed by atoms with E-state index < -0.39 is 16.1 Å². The Morgan fingerprint density at radius 2 is 1.75 bits per heavy atom. The first-order valence-corrected chi connectivity index (χ1v) is 9.36. The van der Waals surface area contributed by atoms with Gasteiger partial charge in [-0.1, -0.05) is 18.2 Å². The molecule has 0 aliphatic heterocycles. The number of hydrazone groups is 1. The zero-order chi connectivity index (χ0) is 17.7. The van der Waals surface area contributed by atoms with Gasteiger partial charge in [-0.15, -0.1) is 0 Å². The minimum absolute atomic E-state index is 0.0418. The van der Waals surface area contributed by atoms with Gasteiger partial charge in [-0.3, -0.25) is 0 Å². The Morgan fingerprint density at radius 3 is 2.29 bits per heavy atom. The molecule has 0 spiro atoms. The lowest BCUT2D eigenvalue weighted by Gasteiger charge is -2.11. The topological polar surface area (TPSA) is 111 Å². The van der Waals surface area contributed by atoms with Crippen LogP contribution >= 0.6 is 31.9 Å². The number of carbonyl (C=O) groups excluding carboxylic acids is 1. The molecule has 0 aliphatic carbocycles. The van der Waals surface area contributed by atoms with Crippen LogP contribution in [0, 0.1) is 0 Å². The number of halogens is 2. The Hall–Kier alpha value is -1.91. The Morgan fingerprint density at radius 1 is 1.17 bits per heavy atom. The summed E-state index contributed by atoms with van der Waals surface area (Å²) in [6, 6.07) is 10.1. The van der Waals surface area contributed by atoms with E-state index in [2.05, 4.69) is 42.4 Å². The summed E-state index contributed by atoms with van der Waals surface area (Å²) in [6.07, 6.45) is 1.34. The number of nitrogens with zero attached hydrogens (tertiary/aromatic N) is 1. The third-order valence-corrected chi connectivity index (χ3v) is 5.05. The second-order valence-electron chi connectivity index (χ2n) is 4.40. The molecule has 2 amide bonds. The summed E-state index contributed by atoms with van der Waals surface area (Å²) in [5.41, 5.74) is 7.53. The van der Waals surface area contributed by atoms with Crippen LogP contribution in [0.1, 0.15) is 5.56 Å². The Kier molecular flexibility index (Phi) is 5.97. The van der Waals surface area contributed by atoms with E-state index in [1.165, 1.54) is 18.3 Å². The van der Waals surface area contributed by atoms with Gasteiger partial charge >= 0.3 is 16.1 Å². The highest BCUT2D eigenvalue weighted by atomic mass is 79.9. The molecule has 3 N–H and O–H groups in total. The number of nitrogens with two attached hydrogens (primary N) is 1. The van der Waals surface area contributed by atoms with Crippen LogP contribution in [-0.2, 0) is 10.1 Å². The molecule has 10 heteroatoms. The molecule has 0 fully saturated rings. The van der Waals surface area contributed by atoms with E-state index in [0.29, 0.717) is 14.5 Å². The van der Waals surface area contributed by atoms with Crippen molar-refractivity contribution in [2.45, 2.75) is 4.90 Å². The lowest BCUT2D eigenvalue weighted by Crippen LogP contribution is -2.24. The largest absolute Gasteiger partial charge is 0.377 e. The van der Waals surface area contributed by atoms with Crippen molar-refractivity contribution < 1.29 is 17.4 Å². The van der Waals surface area contributed by atoms with Crippen molar-refractivity contribution in [2.24, 2.45) is 10.8 Å². The highest BCUT2D eigenvalue weighted by Gasteiger charge is 2.20. The third kappa shape index (κ3) is 4.79. The van der Waals surface area contributed by atoms with Crippen LogP contribution in [0.5, 0.6) is 5.75 Å². The maximum Gasteiger partial charge on any atom is 0.339 e. The van der Waals surface area contributed by atoms with Gasteiger partial charge < -0.3 is 9.92 Å². The minimum Gasteiger partial charge on any atom is -0.377 e. The van der Waals surface area contributed by atoms with Crippen LogP contribution in [-0.4, -0.2) is 20.7 Å². The number of amides is 2. The quantitative estimate of drug-likeness (QED) is 0.392. The lowest BCUT2D eigenvalue weighted by atomic mass is 10.2. The molecule has 0 saturated heterocycles. The smallest absolute Gasteiger partial charge is 0.339 e. The van der Waals surface area contributed by atoms with Crippen LogP contribution in [0.4, 0.5) is 4.79 Å². The molecule has 7 nitrogen and oxygen atoms in total. The van der Waals surface area contributed by atoms with Crippen molar-refractivity contribution in [3.8, 4) is 5.75 Å². The van der Waals surface area contributed by atoms with Crippen molar-refractivity contribution in [1.29, 1.82) is 0 Å². The van der Waals surface area contributed by atoms with Crippen molar-refractivity contribution >= 4 is 54.2 Å². The standard InChI is InChI=1S/C14H11Br2N3O4S/c15-11-6-9(8-18-19-14(17)20)7-12(16)13(11)23-24(21,22)10-4-2-1-3-5-10/h1-8H,(H3,17,19,20)/b18-8-. The average Bonchev–Trinajstić information content (AvgIpc) is 2.51. The Balaban J connectivity index is 2.29. The first kappa shape index (κ1) is 18.4. The number of primary amides is 1. The normalized spacial score (nSPS) is 11.4. The van der Waals surface area contributed by atoms with Crippen molar-refractivity contribution in [3.05, 3.63) is 57.0 Å². The molecule has 0 atom stereocenters. The van der Waals surface area contributed by atoms with E-state index in [1.54, 1.807) is 30.3 Å². The molecular formula is C14H11Br2N3O4S. The van der Waals surface area contributed by atoms with Crippen molar-refractivity contribution in [3.63, 3.8) is 0 Å². The molecule has 0 radical (unpaired) electrons. The van der Waals surface area contributed by atoms with Crippen LogP contribution in [0.25, 0.3) is 0 Å². The van der Waals surface area contributed by atoms with E-state index in [0.717, 1.165) is 0 Å². The van der Waals surface area contributed by atoms with Gasteiger partial charge in [0, 0.05) is 0 Å². The monoisotopic (exact) mass is 475 g/mol. The fourth-order valence-corrected chi connectivity index (χ4v) is 4.23. The molecule has 2 rings (SSSR count).